The molecule has 0 radical (unpaired) electrons. The van der Waals surface area contributed by atoms with Crippen LogP contribution in [0.2, 0.25) is 0 Å². The van der Waals surface area contributed by atoms with E-state index in [0.717, 1.165) is 36.3 Å². The summed E-state index contributed by atoms with van der Waals surface area (Å²) in [5, 5.41) is 3.36. The molecule has 2 aliphatic rings. The van der Waals surface area contributed by atoms with E-state index in [0.29, 0.717) is 23.9 Å². The van der Waals surface area contributed by atoms with Crippen LogP contribution in [0, 0.1) is 25.7 Å². The van der Waals surface area contributed by atoms with Gasteiger partial charge in [-0.2, -0.15) is 0 Å². The second-order valence-corrected chi connectivity index (χ2v) is 7.21. The number of rotatable bonds is 3. The quantitative estimate of drug-likeness (QED) is 0.888. The highest BCUT2D eigenvalue weighted by Gasteiger charge is 2.40. The predicted molar refractivity (Wildman–Crippen MR) is 96.1 cm³/mol. The predicted octanol–water partition coefficient (Wildman–Crippen LogP) is 3.18. The van der Waals surface area contributed by atoms with Crippen molar-refractivity contribution in [2.75, 3.05) is 0 Å². The third-order valence-electron chi connectivity index (χ3n) is 5.81. The van der Waals surface area contributed by atoms with Crippen LogP contribution in [0.15, 0.2) is 6.07 Å². The van der Waals surface area contributed by atoms with E-state index >= 15 is 0 Å². The number of aromatic nitrogens is 1. The Morgan fingerprint density at radius 2 is 1.91 bits per heavy atom. The molecule has 2 atom stereocenters. The zero-order valence-electron chi connectivity index (χ0n) is 14.5. The van der Waals surface area contributed by atoms with Crippen molar-refractivity contribution < 1.29 is 4.79 Å². The molecule has 0 aromatic carbocycles. The normalized spacial score (nSPS) is 29.7. The first kappa shape index (κ1) is 18.3. The van der Waals surface area contributed by atoms with Gasteiger partial charge in [0.2, 0.25) is 0 Å². The summed E-state index contributed by atoms with van der Waals surface area (Å²) in [6.07, 6.45) is 5.84. The molecular weight excluding hydrogens is 310 g/mol. The highest BCUT2D eigenvalue weighted by molar-refractivity contribution is 5.96. The number of nitrogens with one attached hydrogen (secondary N) is 1. The minimum atomic E-state index is 0. The van der Waals surface area contributed by atoms with Crippen LogP contribution in [0.25, 0.3) is 0 Å². The lowest BCUT2D eigenvalue weighted by Crippen LogP contribution is -2.53. The fraction of sp³-hybridized carbons (Fsp3) is 0.722. The SMILES string of the molecule is CCn1c(C)cc(C(=O)NC2C3CCCC2CC(N)C3)c1C.Cl. The molecule has 0 spiro atoms. The molecule has 2 saturated carbocycles. The molecule has 23 heavy (non-hydrogen) atoms. The van der Waals surface area contributed by atoms with Crippen LogP contribution >= 0.6 is 12.4 Å². The van der Waals surface area contributed by atoms with Gasteiger partial charge in [-0.25, -0.2) is 0 Å². The van der Waals surface area contributed by atoms with Gasteiger partial charge in [-0.3, -0.25) is 4.79 Å². The fourth-order valence-electron chi connectivity index (χ4n) is 4.77. The molecule has 2 bridgehead atoms. The molecule has 2 fully saturated rings. The first-order chi connectivity index (χ1) is 10.5. The molecule has 0 aliphatic heterocycles. The number of amides is 1. The summed E-state index contributed by atoms with van der Waals surface area (Å²) in [7, 11) is 0. The van der Waals surface area contributed by atoms with Gasteiger partial charge in [0.05, 0.1) is 5.56 Å². The van der Waals surface area contributed by atoms with E-state index in [1.54, 1.807) is 0 Å². The highest BCUT2D eigenvalue weighted by Crippen LogP contribution is 2.39. The molecule has 1 aromatic heterocycles. The van der Waals surface area contributed by atoms with Gasteiger partial charge in [0.25, 0.3) is 5.91 Å². The molecule has 1 amide bonds. The average Bonchev–Trinajstić information content (AvgIpc) is 2.74. The lowest BCUT2D eigenvalue weighted by molar-refractivity contribution is 0.0755. The Hall–Kier alpha value is -1.00. The highest BCUT2D eigenvalue weighted by atomic mass is 35.5. The Morgan fingerprint density at radius 3 is 2.43 bits per heavy atom. The van der Waals surface area contributed by atoms with Crippen LogP contribution < -0.4 is 11.1 Å². The van der Waals surface area contributed by atoms with Crippen molar-refractivity contribution in [2.45, 2.75) is 71.5 Å². The molecule has 1 aromatic rings. The van der Waals surface area contributed by atoms with Gasteiger partial charge in [-0.1, -0.05) is 6.42 Å². The Morgan fingerprint density at radius 1 is 1.30 bits per heavy atom. The maximum absolute atomic E-state index is 12.8. The second-order valence-electron chi connectivity index (χ2n) is 7.21. The van der Waals surface area contributed by atoms with Crippen molar-refractivity contribution in [3.05, 3.63) is 23.0 Å². The largest absolute Gasteiger partial charge is 0.349 e. The number of nitrogens with zero attached hydrogens (tertiary/aromatic N) is 1. The molecule has 2 unspecified atom stereocenters. The minimum Gasteiger partial charge on any atom is -0.349 e. The van der Waals surface area contributed by atoms with Gasteiger partial charge in [-0.15, -0.1) is 12.4 Å². The number of halogens is 1. The molecule has 3 rings (SSSR count). The Bertz CT molecular complexity index is 555. The van der Waals surface area contributed by atoms with Gasteiger partial charge in [0.1, 0.15) is 0 Å². The van der Waals surface area contributed by atoms with Gasteiger partial charge in [0, 0.05) is 30.0 Å². The van der Waals surface area contributed by atoms with E-state index in [1.165, 1.54) is 19.3 Å². The molecule has 1 heterocycles. The maximum atomic E-state index is 12.8. The van der Waals surface area contributed by atoms with E-state index in [1.807, 2.05) is 13.0 Å². The molecular formula is C18H30ClN3O. The number of hydrogen-bond acceptors (Lipinski definition) is 2. The number of hydrogen-bond donors (Lipinski definition) is 2. The average molecular weight is 340 g/mol. The molecule has 5 heteroatoms. The number of nitrogens with two attached hydrogens (primary N) is 1. The Kier molecular flexibility index (Phi) is 5.79. The lowest BCUT2D eigenvalue weighted by Gasteiger charge is -2.45. The zero-order valence-corrected chi connectivity index (χ0v) is 15.3. The summed E-state index contributed by atoms with van der Waals surface area (Å²) >= 11 is 0. The van der Waals surface area contributed by atoms with Crippen molar-refractivity contribution in [1.82, 2.24) is 9.88 Å². The van der Waals surface area contributed by atoms with Crippen LogP contribution in [0.3, 0.4) is 0 Å². The number of aryl methyl sites for hydroxylation is 1. The second kappa shape index (κ2) is 7.27. The van der Waals surface area contributed by atoms with Crippen LogP contribution in [-0.2, 0) is 6.54 Å². The van der Waals surface area contributed by atoms with E-state index in [9.17, 15) is 4.79 Å². The third-order valence-corrected chi connectivity index (χ3v) is 5.81. The van der Waals surface area contributed by atoms with E-state index < -0.39 is 0 Å². The minimum absolute atomic E-state index is 0. The van der Waals surface area contributed by atoms with Crippen molar-refractivity contribution in [2.24, 2.45) is 17.6 Å². The van der Waals surface area contributed by atoms with Gasteiger partial charge in [-0.05, 0) is 64.4 Å². The Labute approximate surface area is 145 Å². The van der Waals surface area contributed by atoms with Crippen molar-refractivity contribution in [3.8, 4) is 0 Å². The van der Waals surface area contributed by atoms with Gasteiger partial charge >= 0.3 is 0 Å². The summed E-state index contributed by atoms with van der Waals surface area (Å²) in [5.74, 6) is 1.24. The summed E-state index contributed by atoms with van der Waals surface area (Å²) in [4.78, 5) is 12.8. The first-order valence-corrected chi connectivity index (χ1v) is 8.74. The monoisotopic (exact) mass is 339 g/mol. The number of carbonyl (C=O) groups excluding carboxylic acids is 1. The fourth-order valence-corrected chi connectivity index (χ4v) is 4.77. The molecule has 2 aliphatic carbocycles. The third kappa shape index (κ3) is 3.43. The first-order valence-electron chi connectivity index (χ1n) is 8.74. The summed E-state index contributed by atoms with van der Waals surface area (Å²) in [5.41, 5.74) is 9.26. The molecule has 130 valence electrons. The summed E-state index contributed by atoms with van der Waals surface area (Å²) < 4.78 is 2.20. The van der Waals surface area contributed by atoms with Gasteiger partial charge in [0.15, 0.2) is 0 Å². The van der Waals surface area contributed by atoms with Crippen LogP contribution in [0.5, 0.6) is 0 Å². The van der Waals surface area contributed by atoms with Crippen LogP contribution in [-0.4, -0.2) is 22.6 Å². The lowest BCUT2D eigenvalue weighted by atomic mass is 9.67. The number of fused-ring (bicyclic) bond motifs is 2. The van der Waals surface area contributed by atoms with Crippen molar-refractivity contribution in [1.29, 1.82) is 0 Å². The standard InChI is InChI=1S/C18H29N3O.ClH/c1-4-21-11(2)8-16(12(21)3)18(22)20-17-13-6-5-7-14(17)10-15(19)9-13;/h8,13-15,17H,4-7,9-10,19H2,1-3H3,(H,20,22);1H. The van der Waals surface area contributed by atoms with Gasteiger partial charge < -0.3 is 15.6 Å². The molecule has 4 nitrogen and oxygen atoms in total. The topological polar surface area (TPSA) is 60.0 Å². The molecule has 3 N–H and O–H groups in total. The van der Waals surface area contributed by atoms with Crippen LogP contribution in [0.4, 0.5) is 0 Å². The van der Waals surface area contributed by atoms with E-state index in [4.69, 9.17) is 5.73 Å². The van der Waals surface area contributed by atoms with E-state index in [2.05, 4.69) is 23.7 Å². The van der Waals surface area contributed by atoms with E-state index in [-0.39, 0.29) is 18.3 Å². The molecule has 0 saturated heterocycles. The summed E-state index contributed by atoms with van der Waals surface area (Å²) in [6.45, 7) is 7.15. The summed E-state index contributed by atoms with van der Waals surface area (Å²) in [6, 6.07) is 2.68. The number of carbonyl (C=O) groups is 1. The zero-order chi connectivity index (χ0) is 15.9. The maximum Gasteiger partial charge on any atom is 0.253 e. The van der Waals surface area contributed by atoms with Crippen molar-refractivity contribution in [3.63, 3.8) is 0 Å². The Balaban J connectivity index is 0.00000192. The van der Waals surface area contributed by atoms with Crippen LogP contribution in [0.1, 0.15) is 60.8 Å². The van der Waals surface area contributed by atoms with Crippen molar-refractivity contribution >= 4 is 18.3 Å². The smallest absolute Gasteiger partial charge is 0.253 e.